The van der Waals surface area contributed by atoms with Crippen molar-refractivity contribution in [3.8, 4) is 0 Å². The van der Waals surface area contributed by atoms with Crippen LogP contribution < -0.4 is 0 Å². The van der Waals surface area contributed by atoms with Crippen LogP contribution in [0.3, 0.4) is 0 Å². The highest BCUT2D eigenvalue weighted by Gasteiger charge is 2.10. The van der Waals surface area contributed by atoms with Crippen molar-refractivity contribution in [3.05, 3.63) is 23.8 Å². The summed E-state index contributed by atoms with van der Waals surface area (Å²) >= 11 is 0. The Labute approximate surface area is 107 Å². The Morgan fingerprint density at radius 2 is 1.76 bits per heavy atom. The minimum atomic E-state index is 1.27. The summed E-state index contributed by atoms with van der Waals surface area (Å²) in [4.78, 5) is 2.65. The third-order valence-electron chi connectivity index (χ3n) is 4.03. The summed E-state index contributed by atoms with van der Waals surface area (Å²) in [5.74, 6) is 0. The number of rotatable bonds is 3. The van der Waals surface area contributed by atoms with Gasteiger partial charge in [0.15, 0.2) is 0 Å². The van der Waals surface area contributed by atoms with Crippen LogP contribution in [0.1, 0.15) is 57.8 Å². The van der Waals surface area contributed by atoms with Crippen LogP contribution in [-0.2, 0) is 0 Å². The van der Waals surface area contributed by atoms with Gasteiger partial charge in [0.1, 0.15) is 0 Å². The van der Waals surface area contributed by atoms with Crippen LogP contribution >= 0.6 is 0 Å². The van der Waals surface area contributed by atoms with E-state index < -0.39 is 0 Å². The fraction of sp³-hybridized carbons (Fsp3) is 0.750. The Kier molecular flexibility index (Phi) is 5.84. The van der Waals surface area contributed by atoms with Gasteiger partial charge in [0.05, 0.1) is 0 Å². The van der Waals surface area contributed by atoms with E-state index in [4.69, 9.17) is 0 Å². The molecule has 0 aromatic carbocycles. The topological polar surface area (TPSA) is 3.24 Å². The summed E-state index contributed by atoms with van der Waals surface area (Å²) < 4.78 is 0. The molecule has 1 aliphatic carbocycles. The Morgan fingerprint density at radius 3 is 2.65 bits per heavy atom. The van der Waals surface area contributed by atoms with Crippen LogP contribution in [0.25, 0.3) is 0 Å². The first-order valence-corrected chi connectivity index (χ1v) is 7.52. The molecule has 2 aliphatic rings. The number of hydrogen-bond donors (Lipinski definition) is 0. The summed E-state index contributed by atoms with van der Waals surface area (Å²) in [7, 11) is 0. The molecule has 1 heteroatoms. The molecule has 96 valence electrons. The van der Waals surface area contributed by atoms with Crippen molar-refractivity contribution in [1.29, 1.82) is 0 Å². The average Bonchev–Trinajstić information content (AvgIpc) is 2.51. The molecule has 17 heavy (non-hydrogen) atoms. The third-order valence-corrected chi connectivity index (χ3v) is 4.03. The zero-order valence-electron chi connectivity index (χ0n) is 11.2. The molecule has 1 heterocycles. The molecule has 0 aromatic rings. The molecule has 1 saturated heterocycles. The lowest BCUT2D eigenvalue weighted by Gasteiger charge is -2.26. The maximum absolute atomic E-state index is 2.65. The smallest absolute Gasteiger partial charge is 0.00187 e. The molecule has 2 rings (SSSR count). The maximum Gasteiger partial charge on any atom is 0.00187 e. The molecule has 0 amide bonds. The second-order valence-corrected chi connectivity index (χ2v) is 5.50. The molecule has 0 saturated carbocycles. The van der Waals surface area contributed by atoms with E-state index in [-0.39, 0.29) is 0 Å². The summed E-state index contributed by atoms with van der Waals surface area (Å²) in [6.07, 6.45) is 19.4. The lowest BCUT2D eigenvalue weighted by molar-refractivity contribution is 0.230. The number of likely N-dealkylation sites (tertiary alicyclic amines) is 1. The van der Waals surface area contributed by atoms with Crippen molar-refractivity contribution in [1.82, 2.24) is 4.90 Å². The molecule has 1 fully saturated rings. The predicted molar refractivity (Wildman–Crippen MR) is 75.2 cm³/mol. The van der Waals surface area contributed by atoms with Gasteiger partial charge in [-0.1, -0.05) is 36.6 Å². The van der Waals surface area contributed by atoms with Gasteiger partial charge in [-0.05, 0) is 58.0 Å². The van der Waals surface area contributed by atoms with E-state index in [1.807, 2.05) is 0 Å². The van der Waals surface area contributed by atoms with Gasteiger partial charge in [-0.2, -0.15) is 0 Å². The van der Waals surface area contributed by atoms with Crippen LogP contribution in [0.15, 0.2) is 23.8 Å². The monoisotopic (exact) mass is 233 g/mol. The van der Waals surface area contributed by atoms with Gasteiger partial charge in [0.2, 0.25) is 0 Å². The number of nitrogens with zero attached hydrogens (tertiary/aromatic N) is 1. The lowest BCUT2D eigenvalue weighted by Crippen LogP contribution is -2.30. The van der Waals surface area contributed by atoms with Crippen LogP contribution in [0.2, 0.25) is 0 Å². The minimum Gasteiger partial charge on any atom is -0.303 e. The summed E-state index contributed by atoms with van der Waals surface area (Å²) in [5.41, 5.74) is 1.67. The number of hydrogen-bond acceptors (Lipinski definition) is 1. The first-order valence-electron chi connectivity index (χ1n) is 7.52. The highest BCUT2D eigenvalue weighted by atomic mass is 15.1. The molecule has 0 spiro atoms. The first-order chi connectivity index (χ1) is 8.45. The molecular formula is C16H27N. The first kappa shape index (κ1) is 12.9. The van der Waals surface area contributed by atoms with Crippen molar-refractivity contribution < 1.29 is 0 Å². The van der Waals surface area contributed by atoms with E-state index in [0.717, 1.165) is 0 Å². The van der Waals surface area contributed by atoms with Crippen LogP contribution in [0, 0.1) is 0 Å². The Morgan fingerprint density at radius 1 is 0.941 bits per heavy atom. The second kappa shape index (κ2) is 7.71. The van der Waals surface area contributed by atoms with E-state index >= 15 is 0 Å². The van der Waals surface area contributed by atoms with Gasteiger partial charge in [0.25, 0.3) is 0 Å². The van der Waals surface area contributed by atoms with E-state index in [9.17, 15) is 0 Å². The summed E-state index contributed by atoms with van der Waals surface area (Å²) in [6, 6.07) is 0. The van der Waals surface area contributed by atoms with Crippen LogP contribution in [-0.4, -0.2) is 24.5 Å². The normalized spacial score (nSPS) is 23.6. The second-order valence-electron chi connectivity index (χ2n) is 5.50. The zero-order chi connectivity index (χ0) is 11.8. The fourth-order valence-corrected chi connectivity index (χ4v) is 2.87. The molecule has 0 bridgehead atoms. The fourth-order valence-electron chi connectivity index (χ4n) is 2.87. The molecule has 1 aliphatic heterocycles. The molecule has 0 aromatic heterocycles. The number of piperidine rings is 1. The predicted octanol–water partition coefficient (Wildman–Crippen LogP) is 4.31. The minimum absolute atomic E-state index is 1.27. The van der Waals surface area contributed by atoms with Gasteiger partial charge >= 0.3 is 0 Å². The van der Waals surface area contributed by atoms with E-state index in [1.165, 1.54) is 77.4 Å². The van der Waals surface area contributed by atoms with Gasteiger partial charge < -0.3 is 4.90 Å². The molecule has 0 N–H and O–H groups in total. The van der Waals surface area contributed by atoms with Gasteiger partial charge in [0, 0.05) is 6.54 Å². The third kappa shape index (κ3) is 5.08. The standard InChI is InChI=1S/C16H27N/c1-2-4-7-11-16(10-6-3-1)12-15-17-13-8-5-9-14-17/h3,6,10H,1-2,4-5,7-9,11-15H2. The van der Waals surface area contributed by atoms with Crippen molar-refractivity contribution >= 4 is 0 Å². The Bertz CT molecular complexity index is 259. The summed E-state index contributed by atoms with van der Waals surface area (Å²) in [6.45, 7) is 3.96. The van der Waals surface area contributed by atoms with Crippen molar-refractivity contribution in [2.75, 3.05) is 19.6 Å². The van der Waals surface area contributed by atoms with E-state index in [0.29, 0.717) is 0 Å². The van der Waals surface area contributed by atoms with Gasteiger partial charge in [-0.25, -0.2) is 0 Å². The van der Waals surface area contributed by atoms with Gasteiger partial charge in [-0.15, -0.1) is 0 Å². The maximum atomic E-state index is 2.65. The highest BCUT2D eigenvalue weighted by Crippen LogP contribution is 2.18. The van der Waals surface area contributed by atoms with Crippen molar-refractivity contribution in [2.45, 2.75) is 57.8 Å². The summed E-state index contributed by atoms with van der Waals surface area (Å²) in [5, 5.41) is 0. The van der Waals surface area contributed by atoms with E-state index in [1.54, 1.807) is 5.57 Å². The van der Waals surface area contributed by atoms with Crippen LogP contribution in [0.4, 0.5) is 0 Å². The lowest BCUT2D eigenvalue weighted by atomic mass is 10.0. The average molecular weight is 233 g/mol. The van der Waals surface area contributed by atoms with E-state index in [2.05, 4.69) is 23.1 Å². The molecule has 1 nitrogen and oxygen atoms in total. The molecule has 0 radical (unpaired) electrons. The zero-order valence-corrected chi connectivity index (χ0v) is 11.2. The molecule has 0 atom stereocenters. The number of allylic oxidation sites excluding steroid dienone is 3. The highest BCUT2D eigenvalue weighted by molar-refractivity contribution is 5.13. The SMILES string of the molecule is C1=CCCCCCC(CCN2CCCCC2)=C1. The Balaban J connectivity index is 1.75. The van der Waals surface area contributed by atoms with Crippen LogP contribution in [0.5, 0.6) is 0 Å². The quantitative estimate of drug-likeness (QED) is 0.702. The largest absolute Gasteiger partial charge is 0.303 e. The van der Waals surface area contributed by atoms with Crippen molar-refractivity contribution in [2.24, 2.45) is 0 Å². The Hall–Kier alpha value is -0.560. The van der Waals surface area contributed by atoms with Gasteiger partial charge in [-0.3, -0.25) is 0 Å². The molecular weight excluding hydrogens is 206 g/mol. The molecule has 0 unspecified atom stereocenters. The van der Waals surface area contributed by atoms with Crippen molar-refractivity contribution in [3.63, 3.8) is 0 Å².